The second-order valence-electron chi connectivity index (χ2n) is 5.47. The SMILES string of the molecule is CCC1COC(CO[PH](O)(O)OC)[C@H](n2cc(C)c(=O)[nH]c2=O)O1. The van der Waals surface area contributed by atoms with E-state index in [0.717, 1.165) is 7.11 Å². The van der Waals surface area contributed by atoms with Crippen LogP contribution in [0.4, 0.5) is 0 Å². The molecule has 10 nitrogen and oxygen atoms in total. The quantitative estimate of drug-likeness (QED) is 0.579. The van der Waals surface area contributed by atoms with Gasteiger partial charge >= 0.3 is 138 Å². The van der Waals surface area contributed by atoms with Gasteiger partial charge in [0.05, 0.1) is 0 Å². The number of aryl methyl sites for hydroxylation is 1. The number of nitrogens with zero attached hydrogens (tertiary/aromatic N) is 1. The molecule has 1 aromatic rings. The van der Waals surface area contributed by atoms with Crippen LogP contribution < -0.4 is 11.2 Å². The van der Waals surface area contributed by atoms with E-state index in [0.29, 0.717) is 12.0 Å². The summed E-state index contributed by atoms with van der Waals surface area (Å²) in [6.45, 7) is 3.49. The van der Waals surface area contributed by atoms with Crippen LogP contribution in [0.5, 0.6) is 0 Å². The van der Waals surface area contributed by atoms with Crippen LogP contribution in [-0.4, -0.2) is 51.9 Å². The Bertz CT molecular complexity index is 673. The number of H-pyrrole nitrogens is 1. The number of rotatable bonds is 6. The van der Waals surface area contributed by atoms with E-state index in [1.807, 2.05) is 6.92 Å². The van der Waals surface area contributed by atoms with E-state index in [-0.39, 0.29) is 19.3 Å². The van der Waals surface area contributed by atoms with Crippen LogP contribution in [0.15, 0.2) is 15.8 Å². The van der Waals surface area contributed by atoms with Crippen molar-refractivity contribution in [2.75, 3.05) is 20.3 Å². The van der Waals surface area contributed by atoms with E-state index < -0.39 is 31.8 Å². The van der Waals surface area contributed by atoms with Crippen molar-refractivity contribution in [3.63, 3.8) is 0 Å². The van der Waals surface area contributed by atoms with Gasteiger partial charge in [-0.3, -0.25) is 0 Å². The zero-order valence-corrected chi connectivity index (χ0v) is 14.7. The first-order valence-electron chi connectivity index (χ1n) is 7.50. The van der Waals surface area contributed by atoms with Gasteiger partial charge in [-0.1, -0.05) is 0 Å². The van der Waals surface area contributed by atoms with Crippen molar-refractivity contribution in [3.8, 4) is 0 Å². The van der Waals surface area contributed by atoms with Gasteiger partial charge < -0.3 is 0 Å². The molecule has 0 bridgehead atoms. The van der Waals surface area contributed by atoms with Crippen molar-refractivity contribution in [2.24, 2.45) is 0 Å². The molecule has 2 unspecified atom stereocenters. The number of aromatic amines is 1. The van der Waals surface area contributed by atoms with Crippen LogP contribution in [0.3, 0.4) is 0 Å². The summed E-state index contributed by atoms with van der Waals surface area (Å²) in [7, 11) is -3.12. The van der Waals surface area contributed by atoms with Crippen LogP contribution >= 0.6 is 8.17 Å². The molecule has 0 amide bonds. The number of hydrogen-bond acceptors (Lipinski definition) is 8. The van der Waals surface area contributed by atoms with Gasteiger partial charge in [-0.15, -0.1) is 0 Å². The molecule has 2 heterocycles. The molecule has 24 heavy (non-hydrogen) atoms. The maximum atomic E-state index is 12.1. The summed E-state index contributed by atoms with van der Waals surface area (Å²) in [5.74, 6) is 0. The molecule has 1 saturated heterocycles. The molecule has 1 aliphatic heterocycles. The Kier molecular flexibility index (Phi) is 6.27. The van der Waals surface area contributed by atoms with Crippen LogP contribution in [-0.2, 0) is 18.5 Å². The molecular formula is C13H23N2O8P. The first-order valence-corrected chi connectivity index (χ1v) is 9.21. The molecule has 3 N–H and O–H groups in total. The van der Waals surface area contributed by atoms with Gasteiger partial charge in [0.2, 0.25) is 0 Å². The third-order valence-corrected chi connectivity index (χ3v) is 4.80. The van der Waals surface area contributed by atoms with Crippen molar-refractivity contribution >= 4 is 8.17 Å². The van der Waals surface area contributed by atoms with Crippen molar-refractivity contribution in [1.29, 1.82) is 0 Å². The van der Waals surface area contributed by atoms with Crippen molar-refractivity contribution in [1.82, 2.24) is 9.55 Å². The van der Waals surface area contributed by atoms with E-state index in [4.69, 9.17) is 14.0 Å². The number of aromatic nitrogens is 2. The summed E-state index contributed by atoms with van der Waals surface area (Å²) in [5, 5.41) is 0. The van der Waals surface area contributed by atoms with Crippen LogP contribution in [0.1, 0.15) is 25.1 Å². The normalized spacial score (nSPS) is 25.6. The van der Waals surface area contributed by atoms with Gasteiger partial charge in [-0.2, -0.15) is 0 Å². The fraction of sp³-hybridized carbons (Fsp3) is 0.692. The summed E-state index contributed by atoms with van der Waals surface area (Å²) in [4.78, 5) is 44.8. The third kappa shape index (κ3) is 4.48. The second kappa shape index (κ2) is 7.83. The van der Waals surface area contributed by atoms with Crippen molar-refractivity contribution in [3.05, 3.63) is 32.6 Å². The molecule has 0 spiro atoms. The number of nitrogens with one attached hydrogen (secondary N) is 1. The van der Waals surface area contributed by atoms with E-state index >= 15 is 0 Å². The molecule has 11 heteroatoms. The number of ether oxygens (including phenoxy) is 2. The first kappa shape index (κ1) is 19.2. The minimum atomic E-state index is -4.23. The second-order valence-corrected chi connectivity index (χ2v) is 7.26. The summed E-state index contributed by atoms with van der Waals surface area (Å²) in [6, 6.07) is 0. The van der Waals surface area contributed by atoms with Gasteiger partial charge in [0.25, 0.3) is 0 Å². The summed E-state index contributed by atoms with van der Waals surface area (Å²) in [6.07, 6.45) is 0.139. The first-order chi connectivity index (χ1) is 11.3. The molecule has 0 radical (unpaired) electrons. The van der Waals surface area contributed by atoms with Gasteiger partial charge in [-0.25, -0.2) is 0 Å². The predicted molar refractivity (Wildman–Crippen MR) is 85.7 cm³/mol. The molecule has 1 aliphatic rings. The van der Waals surface area contributed by atoms with Crippen molar-refractivity contribution in [2.45, 2.75) is 38.7 Å². The van der Waals surface area contributed by atoms with Crippen molar-refractivity contribution < 1.29 is 28.3 Å². The van der Waals surface area contributed by atoms with Gasteiger partial charge in [0.1, 0.15) is 0 Å². The van der Waals surface area contributed by atoms with E-state index in [9.17, 15) is 19.4 Å². The molecule has 1 aromatic heterocycles. The zero-order valence-electron chi connectivity index (χ0n) is 13.7. The Balaban J connectivity index is 2.28. The molecule has 0 aliphatic carbocycles. The standard InChI is InChI=1S/C13H23N2O8P/c1-4-9-6-21-10(7-22-24(18,19)20-3)12(23-9)15-5-8(2)11(16)14-13(15)17/h5,9-10,12,18-19,24H,4,6-7H2,1-3H3,(H,14,16,17)/t9?,10?,12-/m1/s1. The average Bonchev–Trinajstić information content (AvgIpc) is 2.56. The van der Waals surface area contributed by atoms with Crippen LogP contribution in [0.2, 0.25) is 0 Å². The third-order valence-electron chi connectivity index (χ3n) is 3.72. The Hall–Kier alpha value is -1.13. The topological polar surface area (TPSA) is 132 Å². The molecular weight excluding hydrogens is 343 g/mol. The Morgan fingerprint density at radius 3 is 2.79 bits per heavy atom. The predicted octanol–water partition coefficient (Wildman–Crippen LogP) is -0.405. The fourth-order valence-electron chi connectivity index (χ4n) is 2.25. The number of hydrogen-bond donors (Lipinski definition) is 3. The monoisotopic (exact) mass is 366 g/mol. The molecule has 0 saturated carbocycles. The maximum absolute atomic E-state index is 12.1. The summed E-state index contributed by atoms with van der Waals surface area (Å²) >= 11 is 0. The van der Waals surface area contributed by atoms with Gasteiger partial charge in [0, 0.05) is 0 Å². The Morgan fingerprint density at radius 2 is 2.17 bits per heavy atom. The van der Waals surface area contributed by atoms with Gasteiger partial charge in [-0.05, 0) is 0 Å². The average molecular weight is 366 g/mol. The van der Waals surface area contributed by atoms with E-state index in [1.54, 1.807) is 6.92 Å². The molecule has 2 rings (SSSR count). The molecule has 1 fully saturated rings. The fourth-order valence-corrected chi connectivity index (χ4v) is 2.75. The van der Waals surface area contributed by atoms with Gasteiger partial charge in [0.15, 0.2) is 0 Å². The Morgan fingerprint density at radius 1 is 1.46 bits per heavy atom. The molecule has 3 atom stereocenters. The minimum absolute atomic E-state index is 0.238. The Labute approximate surface area is 138 Å². The van der Waals surface area contributed by atoms with E-state index in [2.05, 4.69) is 9.51 Å². The van der Waals surface area contributed by atoms with Crippen LogP contribution in [0, 0.1) is 6.92 Å². The van der Waals surface area contributed by atoms with E-state index in [1.165, 1.54) is 10.8 Å². The summed E-state index contributed by atoms with van der Waals surface area (Å²) in [5.41, 5.74) is -0.796. The zero-order chi connectivity index (χ0) is 17.9. The molecule has 0 aromatic carbocycles. The molecule has 138 valence electrons. The summed E-state index contributed by atoms with van der Waals surface area (Å²) < 4.78 is 22.2. The van der Waals surface area contributed by atoms with Crippen LogP contribution in [0.25, 0.3) is 0 Å².